The van der Waals surface area contributed by atoms with Crippen molar-refractivity contribution in [2.45, 2.75) is 18.9 Å². The van der Waals surface area contributed by atoms with Crippen LogP contribution in [0.25, 0.3) is 0 Å². The number of carbonyl (C=O) groups excluding carboxylic acids is 1. The smallest absolute Gasteiger partial charge is 0.226 e. The van der Waals surface area contributed by atoms with E-state index >= 15 is 0 Å². The number of aromatic amines is 1. The number of halogens is 1. The van der Waals surface area contributed by atoms with E-state index in [0.717, 1.165) is 16.7 Å². The Balaban J connectivity index is 1.59. The van der Waals surface area contributed by atoms with Gasteiger partial charge in [-0.15, -0.1) is 0 Å². The number of amides is 1. The largest absolute Gasteiger partial charge is 0.493 e. The van der Waals surface area contributed by atoms with Gasteiger partial charge in [-0.25, -0.2) is 0 Å². The van der Waals surface area contributed by atoms with Crippen molar-refractivity contribution in [3.63, 3.8) is 0 Å². The van der Waals surface area contributed by atoms with Gasteiger partial charge in [-0.3, -0.25) is 9.89 Å². The second-order valence-corrected chi connectivity index (χ2v) is 6.70. The number of hydrogen-bond acceptors (Lipinski definition) is 4. The predicted molar refractivity (Wildman–Crippen MR) is 102 cm³/mol. The van der Waals surface area contributed by atoms with Crippen LogP contribution in [0, 0.1) is 0 Å². The summed E-state index contributed by atoms with van der Waals surface area (Å²) >= 11 is 6.18. The van der Waals surface area contributed by atoms with Gasteiger partial charge in [0.15, 0.2) is 11.5 Å². The number of nitrogens with zero attached hydrogens (tertiary/aromatic N) is 1. The first kappa shape index (κ1) is 17.4. The molecule has 0 spiro atoms. The Bertz CT molecular complexity index is 986. The Hall–Kier alpha value is -2.99. The number of methoxy groups -OCH3 is 1. The molecule has 27 heavy (non-hydrogen) atoms. The molecule has 0 unspecified atom stereocenters. The van der Waals surface area contributed by atoms with Crippen LogP contribution in [0.3, 0.4) is 0 Å². The van der Waals surface area contributed by atoms with Crippen LogP contribution in [0.5, 0.6) is 11.5 Å². The van der Waals surface area contributed by atoms with Gasteiger partial charge in [0.05, 0.1) is 13.3 Å². The van der Waals surface area contributed by atoms with Gasteiger partial charge in [-0.05, 0) is 23.8 Å². The molecule has 3 aromatic rings. The van der Waals surface area contributed by atoms with Gasteiger partial charge in [0, 0.05) is 28.5 Å². The van der Waals surface area contributed by atoms with E-state index in [4.69, 9.17) is 21.1 Å². The maximum absolute atomic E-state index is 12.0. The molecule has 2 heterocycles. The third kappa shape index (κ3) is 3.48. The highest BCUT2D eigenvalue weighted by molar-refractivity contribution is 6.31. The van der Waals surface area contributed by atoms with Crippen molar-refractivity contribution in [2.24, 2.45) is 0 Å². The number of H-pyrrole nitrogens is 1. The second-order valence-electron chi connectivity index (χ2n) is 6.30. The standard InChI is InChI=1S/C20H18ClN3O3/c1-26-18-8-12(14-9-19(25)23-20-15(14)10-22-24-20)6-7-17(18)27-11-13-4-2-3-5-16(13)21/h2-8,10,14H,9,11H2,1H3,(H2,22,23,24,25)/t14-/m1/s1. The van der Waals surface area contributed by atoms with Crippen molar-refractivity contribution >= 4 is 23.3 Å². The summed E-state index contributed by atoms with van der Waals surface area (Å²) in [6.07, 6.45) is 2.10. The van der Waals surface area contributed by atoms with E-state index < -0.39 is 0 Å². The Morgan fingerprint density at radius 2 is 2.07 bits per heavy atom. The highest BCUT2D eigenvalue weighted by atomic mass is 35.5. The molecule has 4 rings (SSSR count). The highest BCUT2D eigenvalue weighted by Crippen LogP contribution is 2.39. The molecule has 0 fully saturated rings. The number of hydrogen-bond donors (Lipinski definition) is 2. The lowest BCUT2D eigenvalue weighted by Gasteiger charge is -2.23. The maximum Gasteiger partial charge on any atom is 0.226 e. The molecule has 0 bridgehead atoms. The van der Waals surface area contributed by atoms with Crippen LogP contribution in [-0.4, -0.2) is 23.2 Å². The molecule has 0 saturated carbocycles. The molecule has 2 aromatic carbocycles. The number of nitrogens with one attached hydrogen (secondary N) is 2. The highest BCUT2D eigenvalue weighted by Gasteiger charge is 2.28. The third-order valence-corrected chi connectivity index (χ3v) is 5.00. The van der Waals surface area contributed by atoms with E-state index in [2.05, 4.69) is 15.5 Å². The maximum atomic E-state index is 12.0. The first-order valence-electron chi connectivity index (χ1n) is 8.53. The van der Waals surface area contributed by atoms with Crippen molar-refractivity contribution < 1.29 is 14.3 Å². The molecule has 7 heteroatoms. The van der Waals surface area contributed by atoms with Crippen molar-refractivity contribution in [1.29, 1.82) is 0 Å². The average molecular weight is 384 g/mol. The SMILES string of the molecule is COc1cc([C@H]2CC(=O)Nc3[nH]ncc32)ccc1OCc1ccccc1Cl. The van der Waals surface area contributed by atoms with Crippen LogP contribution in [-0.2, 0) is 11.4 Å². The molecular weight excluding hydrogens is 366 g/mol. The Morgan fingerprint density at radius 1 is 1.22 bits per heavy atom. The van der Waals surface area contributed by atoms with Crippen LogP contribution in [0.4, 0.5) is 5.82 Å². The normalized spacial score (nSPS) is 15.8. The van der Waals surface area contributed by atoms with Crippen molar-refractivity contribution in [3.05, 3.63) is 70.4 Å². The molecule has 138 valence electrons. The molecular formula is C20H18ClN3O3. The molecule has 1 aliphatic rings. The summed E-state index contributed by atoms with van der Waals surface area (Å²) in [6, 6.07) is 13.3. The van der Waals surface area contributed by atoms with E-state index in [1.165, 1.54) is 0 Å². The van der Waals surface area contributed by atoms with E-state index in [9.17, 15) is 4.79 Å². The Labute approximate surface area is 161 Å². The minimum absolute atomic E-state index is 0.0465. The first-order chi connectivity index (χ1) is 13.2. The summed E-state index contributed by atoms with van der Waals surface area (Å²) in [5.74, 6) is 1.74. The van der Waals surface area contributed by atoms with Crippen molar-refractivity contribution in [2.75, 3.05) is 12.4 Å². The van der Waals surface area contributed by atoms with Gasteiger partial charge in [0.25, 0.3) is 0 Å². The van der Waals surface area contributed by atoms with Crippen LogP contribution >= 0.6 is 11.6 Å². The number of carbonyl (C=O) groups is 1. The molecule has 1 aromatic heterocycles. The van der Waals surface area contributed by atoms with Crippen LogP contribution in [0.15, 0.2) is 48.7 Å². The summed E-state index contributed by atoms with van der Waals surface area (Å²) in [7, 11) is 1.60. The van der Waals surface area contributed by atoms with Crippen molar-refractivity contribution in [3.8, 4) is 11.5 Å². The quantitative estimate of drug-likeness (QED) is 0.694. The summed E-state index contributed by atoms with van der Waals surface area (Å²) in [5, 5.41) is 10.3. The minimum Gasteiger partial charge on any atom is -0.493 e. The molecule has 0 aliphatic carbocycles. The number of ether oxygens (including phenoxy) is 2. The number of rotatable bonds is 5. The molecule has 2 N–H and O–H groups in total. The summed E-state index contributed by atoms with van der Waals surface area (Å²) in [5.41, 5.74) is 2.83. The zero-order chi connectivity index (χ0) is 18.8. The molecule has 1 aliphatic heterocycles. The van der Waals surface area contributed by atoms with Gasteiger partial charge in [-0.1, -0.05) is 35.9 Å². The zero-order valence-corrected chi connectivity index (χ0v) is 15.4. The van der Waals surface area contributed by atoms with Crippen LogP contribution in [0.2, 0.25) is 5.02 Å². The number of benzene rings is 2. The average Bonchev–Trinajstić information content (AvgIpc) is 3.15. The first-order valence-corrected chi connectivity index (χ1v) is 8.90. The van der Waals surface area contributed by atoms with E-state index in [1.54, 1.807) is 13.3 Å². The van der Waals surface area contributed by atoms with Crippen molar-refractivity contribution in [1.82, 2.24) is 10.2 Å². The van der Waals surface area contributed by atoms with E-state index in [-0.39, 0.29) is 11.8 Å². The van der Waals surface area contributed by atoms with Gasteiger partial charge in [0.1, 0.15) is 12.4 Å². The lowest BCUT2D eigenvalue weighted by Crippen LogP contribution is -2.23. The number of fused-ring (bicyclic) bond motifs is 1. The fraction of sp³-hybridized carbons (Fsp3) is 0.200. The van der Waals surface area contributed by atoms with E-state index in [0.29, 0.717) is 35.4 Å². The Morgan fingerprint density at radius 3 is 2.89 bits per heavy atom. The van der Waals surface area contributed by atoms with Gasteiger partial charge >= 0.3 is 0 Å². The van der Waals surface area contributed by atoms with Gasteiger partial charge < -0.3 is 14.8 Å². The third-order valence-electron chi connectivity index (χ3n) is 4.63. The molecule has 1 atom stereocenters. The lowest BCUT2D eigenvalue weighted by molar-refractivity contribution is -0.116. The predicted octanol–water partition coefficient (Wildman–Crippen LogP) is 4.12. The van der Waals surface area contributed by atoms with Crippen LogP contribution < -0.4 is 14.8 Å². The molecule has 6 nitrogen and oxygen atoms in total. The fourth-order valence-corrected chi connectivity index (χ4v) is 3.42. The Kier molecular flexibility index (Phi) is 4.73. The topological polar surface area (TPSA) is 76.2 Å². The van der Waals surface area contributed by atoms with E-state index in [1.807, 2.05) is 42.5 Å². The minimum atomic E-state index is -0.0842. The second kappa shape index (κ2) is 7.32. The molecule has 0 saturated heterocycles. The number of aromatic nitrogens is 2. The zero-order valence-electron chi connectivity index (χ0n) is 14.7. The molecule has 0 radical (unpaired) electrons. The van der Waals surface area contributed by atoms with Gasteiger partial charge in [-0.2, -0.15) is 5.10 Å². The lowest BCUT2D eigenvalue weighted by atomic mass is 9.87. The number of anilines is 1. The van der Waals surface area contributed by atoms with Gasteiger partial charge in [0.2, 0.25) is 5.91 Å². The van der Waals surface area contributed by atoms with Crippen LogP contribution in [0.1, 0.15) is 29.0 Å². The summed E-state index contributed by atoms with van der Waals surface area (Å²) < 4.78 is 11.4. The summed E-state index contributed by atoms with van der Waals surface area (Å²) in [6.45, 7) is 0.340. The fourth-order valence-electron chi connectivity index (χ4n) is 3.23. The molecule has 1 amide bonds. The monoisotopic (exact) mass is 383 g/mol. The summed E-state index contributed by atoms with van der Waals surface area (Å²) in [4.78, 5) is 12.0.